The predicted molar refractivity (Wildman–Crippen MR) is 74.4 cm³/mol. The molecule has 0 aliphatic heterocycles. The summed E-state index contributed by atoms with van der Waals surface area (Å²) >= 11 is 1.51. The van der Waals surface area contributed by atoms with Crippen LogP contribution in [0, 0.1) is 0 Å². The van der Waals surface area contributed by atoms with E-state index in [9.17, 15) is 4.79 Å². The number of carbonyl (C=O) groups is 1. The molecular formula is C13H15N3OS. The molecular weight excluding hydrogens is 246 g/mol. The van der Waals surface area contributed by atoms with Gasteiger partial charge in [0.2, 0.25) is 5.91 Å². The Hall–Kier alpha value is -1.88. The van der Waals surface area contributed by atoms with Gasteiger partial charge in [0.15, 0.2) is 0 Å². The van der Waals surface area contributed by atoms with Gasteiger partial charge in [-0.3, -0.25) is 4.79 Å². The number of para-hydroxylation sites is 1. The van der Waals surface area contributed by atoms with Crippen LogP contribution in [0.1, 0.15) is 12.6 Å². The monoisotopic (exact) mass is 261 g/mol. The second-order valence-corrected chi connectivity index (χ2v) is 4.72. The minimum atomic E-state index is -0.00427. The van der Waals surface area contributed by atoms with Crippen LogP contribution in [0.3, 0.4) is 0 Å². The fourth-order valence-corrected chi connectivity index (χ4v) is 2.49. The van der Waals surface area contributed by atoms with Gasteiger partial charge in [-0.1, -0.05) is 12.1 Å². The Labute approximate surface area is 110 Å². The molecule has 1 aromatic heterocycles. The molecule has 0 aliphatic carbocycles. The van der Waals surface area contributed by atoms with Crippen LogP contribution in [-0.2, 0) is 11.2 Å². The van der Waals surface area contributed by atoms with Gasteiger partial charge in [0, 0.05) is 23.2 Å². The molecule has 1 heterocycles. The van der Waals surface area contributed by atoms with E-state index in [1.807, 2.05) is 36.6 Å². The van der Waals surface area contributed by atoms with Crippen LogP contribution in [-0.4, -0.2) is 17.4 Å². The van der Waals surface area contributed by atoms with E-state index >= 15 is 0 Å². The van der Waals surface area contributed by atoms with E-state index in [-0.39, 0.29) is 5.91 Å². The number of anilines is 1. The molecule has 1 aromatic carbocycles. The Balaban J connectivity index is 2.16. The van der Waals surface area contributed by atoms with E-state index in [1.165, 1.54) is 11.3 Å². The van der Waals surface area contributed by atoms with Crippen molar-refractivity contribution in [2.45, 2.75) is 13.3 Å². The molecule has 0 bridgehead atoms. The number of amides is 1. The second kappa shape index (κ2) is 5.64. The number of hydrogen-bond donors (Lipinski definition) is 2. The number of thiazole rings is 1. The standard InChI is InChI=1S/C13H15N3OS/c1-2-15-12(17)7-9-8-18-13(16-9)10-5-3-4-6-11(10)14/h3-6,8H,2,7,14H2,1H3,(H,15,17). The maximum Gasteiger partial charge on any atom is 0.226 e. The summed E-state index contributed by atoms with van der Waals surface area (Å²) in [6.45, 7) is 2.54. The molecule has 5 heteroatoms. The lowest BCUT2D eigenvalue weighted by atomic mass is 10.2. The zero-order chi connectivity index (χ0) is 13.0. The van der Waals surface area contributed by atoms with Crippen LogP contribution in [0.15, 0.2) is 29.6 Å². The lowest BCUT2D eigenvalue weighted by Gasteiger charge is -2.01. The van der Waals surface area contributed by atoms with Crippen LogP contribution < -0.4 is 11.1 Å². The smallest absolute Gasteiger partial charge is 0.226 e. The number of aromatic nitrogens is 1. The Morgan fingerprint density at radius 3 is 2.94 bits per heavy atom. The molecule has 0 aliphatic rings. The summed E-state index contributed by atoms with van der Waals surface area (Å²) in [7, 11) is 0. The summed E-state index contributed by atoms with van der Waals surface area (Å²) in [5.41, 5.74) is 8.31. The van der Waals surface area contributed by atoms with Gasteiger partial charge in [-0.05, 0) is 19.1 Å². The van der Waals surface area contributed by atoms with Gasteiger partial charge in [-0.15, -0.1) is 11.3 Å². The molecule has 0 saturated heterocycles. The van der Waals surface area contributed by atoms with Gasteiger partial charge in [0.1, 0.15) is 5.01 Å². The number of benzene rings is 1. The third-order valence-corrected chi connectivity index (χ3v) is 3.38. The Kier molecular flexibility index (Phi) is 3.94. The van der Waals surface area contributed by atoms with E-state index < -0.39 is 0 Å². The molecule has 0 atom stereocenters. The van der Waals surface area contributed by atoms with Crippen molar-refractivity contribution in [1.29, 1.82) is 0 Å². The molecule has 3 N–H and O–H groups in total. The highest BCUT2D eigenvalue weighted by Crippen LogP contribution is 2.28. The molecule has 18 heavy (non-hydrogen) atoms. The zero-order valence-electron chi connectivity index (χ0n) is 10.1. The molecule has 2 aromatic rings. The number of nitrogens with one attached hydrogen (secondary N) is 1. The van der Waals surface area contributed by atoms with E-state index in [2.05, 4.69) is 10.3 Å². The third kappa shape index (κ3) is 2.87. The van der Waals surface area contributed by atoms with Crippen molar-refractivity contribution in [3.8, 4) is 10.6 Å². The van der Waals surface area contributed by atoms with E-state index in [0.717, 1.165) is 16.3 Å². The number of nitrogens with zero attached hydrogens (tertiary/aromatic N) is 1. The van der Waals surface area contributed by atoms with E-state index in [1.54, 1.807) is 0 Å². The average Bonchev–Trinajstić information content (AvgIpc) is 2.78. The van der Waals surface area contributed by atoms with Gasteiger partial charge in [-0.25, -0.2) is 4.98 Å². The molecule has 0 fully saturated rings. The quantitative estimate of drug-likeness (QED) is 0.828. The predicted octanol–water partition coefficient (Wildman–Crippen LogP) is 2.07. The largest absolute Gasteiger partial charge is 0.398 e. The lowest BCUT2D eigenvalue weighted by Crippen LogP contribution is -2.24. The molecule has 94 valence electrons. The molecule has 0 spiro atoms. The fourth-order valence-electron chi connectivity index (χ4n) is 1.63. The van der Waals surface area contributed by atoms with Crippen molar-refractivity contribution in [2.75, 3.05) is 12.3 Å². The molecule has 2 rings (SSSR count). The first-order valence-corrected chi connectivity index (χ1v) is 6.64. The Morgan fingerprint density at radius 2 is 2.22 bits per heavy atom. The second-order valence-electron chi connectivity index (χ2n) is 3.86. The van der Waals surface area contributed by atoms with E-state index in [4.69, 9.17) is 5.73 Å². The number of likely N-dealkylation sites (N-methyl/N-ethyl adjacent to an activating group) is 1. The van der Waals surface area contributed by atoms with Crippen LogP contribution in [0.25, 0.3) is 10.6 Å². The molecule has 4 nitrogen and oxygen atoms in total. The summed E-state index contributed by atoms with van der Waals surface area (Å²) in [5, 5.41) is 5.51. The SMILES string of the molecule is CCNC(=O)Cc1csc(-c2ccccc2N)n1. The highest BCUT2D eigenvalue weighted by Gasteiger charge is 2.09. The number of hydrogen-bond acceptors (Lipinski definition) is 4. The zero-order valence-corrected chi connectivity index (χ0v) is 11.0. The average molecular weight is 261 g/mol. The maximum absolute atomic E-state index is 11.5. The van der Waals surface area contributed by atoms with Crippen molar-refractivity contribution in [2.24, 2.45) is 0 Å². The summed E-state index contributed by atoms with van der Waals surface area (Å²) in [6, 6.07) is 7.60. The lowest BCUT2D eigenvalue weighted by molar-refractivity contribution is -0.120. The first-order chi connectivity index (χ1) is 8.70. The molecule has 0 saturated carbocycles. The van der Waals surface area contributed by atoms with Gasteiger partial charge in [-0.2, -0.15) is 0 Å². The number of nitrogens with two attached hydrogens (primary N) is 1. The third-order valence-electron chi connectivity index (χ3n) is 2.46. The highest BCUT2D eigenvalue weighted by atomic mass is 32.1. The maximum atomic E-state index is 11.5. The fraction of sp³-hybridized carbons (Fsp3) is 0.231. The minimum absolute atomic E-state index is 0.00427. The van der Waals surface area contributed by atoms with Crippen LogP contribution in [0.5, 0.6) is 0 Å². The first-order valence-electron chi connectivity index (χ1n) is 5.76. The summed E-state index contributed by atoms with van der Waals surface area (Å²) in [6.07, 6.45) is 0.317. The Morgan fingerprint density at radius 1 is 1.44 bits per heavy atom. The van der Waals surface area contributed by atoms with Crippen molar-refractivity contribution in [3.05, 3.63) is 35.3 Å². The van der Waals surface area contributed by atoms with Gasteiger partial charge in [0.05, 0.1) is 12.1 Å². The topological polar surface area (TPSA) is 68.0 Å². The van der Waals surface area contributed by atoms with Crippen molar-refractivity contribution in [1.82, 2.24) is 10.3 Å². The van der Waals surface area contributed by atoms with Crippen LogP contribution in [0.2, 0.25) is 0 Å². The minimum Gasteiger partial charge on any atom is -0.398 e. The van der Waals surface area contributed by atoms with Crippen molar-refractivity contribution < 1.29 is 4.79 Å². The highest BCUT2D eigenvalue weighted by molar-refractivity contribution is 7.13. The first kappa shape index (κ1) is 12.6. The molecule has 0 unspecified atom stereocenters. The number of nitrogen functional groups attached to an aromatic ring is 1. The summed E-state index contributed by atoms with van der Waals surface area (Å²) in [5.74, 6) is -0.00427. The molecule has 1 amide bonds. The normalized spacial score (nSPS) is 10.3. The summed E-state index contributed by atoms with van der Waals surface area (Å²) in [4.78, 5) is 15.9. The number of rotatable bonds is 4. The van der Waals surface area contributed by atoms with Crippen molar-refractivity contribution in [3.63, 3.8) is 0 Å². The Bertz CT molecular complexity index is 551. The summed E-state index contributed by atoms with van der Waals surface area (Å²) < 4.78 is 0. The van der Waals surface area contributed by atoms with Crippen LogP contribution >= 0.6 is 11.3 Å². The number of carbonyl (C=O) groups excluding carboxylic acids is 1. The molecule has 0 radical (unpaired) electrons. The van der Waals surface area contributed by atoms with E-state index in [0.29, 0.717) is 18.7 Å². The van der Waals surface area contributed by atoms with Gasteiger partial charge in [0.25, 0.3) is 0 Å². The van der Waals surface area contributed by atoms with Crippen LogP contribution in [0.4, 0.5) is 5.69 Å². The van der Waals surface area contributed by atoms with Crippen molar-refractivity contribution >= 4 is 22.9 Å². The van der Waals surface area contributed by atoms with Gasteiger partial charge >= 0.3 is 0 Å². The van der Waals surface area contributed by atoms with Gasteiger partial charge < -0.3 is 11.1 Å².